The van der Waals surface area contributed by atoms with Gasteiger partial charge < -0.3 is 14.2 Å². The molecule has 2 rings (SSSR count). The maximum absolute atomic E-state index is 12.5. The van der Waals surface area contributed by atoms with Gasteiger partial charge in [0.25, 0.3) is 0 Å². The highest BCUT2D eigenvalue weighted by Gasteiger charge is 2.25. The van der Waals surface area contributed by atoms with Gasteiger partial charge in [-0.1, -0.05) is 12.1 Å². The Labute approximate surface area is 148 Å². The molecule has 0 saturated carbocycles. The highest BCUT2D eigenvalue weighted by Crippen LogP contribution is 2.18. The molecular weight excluding hydrogens is 346 g/mol. The van der Waals surface area contributed by atoms with Crippen LogP contribution in [0.1, 0.15) is 12.5 Å². The minimum atomic E-state index is -3.50. The maximum atomic E-state index is 12.5. The molecule has 0 amide bonds. The van der Waals surface area contributed by atoms with Crippen LogP contribution in [0.15, 0.2) is 35.2 Å². The Hall–Kier alpha value is -1.74. The third kappa shape index (κ3) is 5.93. The lowest BCUT2D eigenvalue weighted by molar-refractivity contribution is -0.139. The zero-order valence-corrected chi connectivity index (χ0v) is 15.0. The van der Waals surface area contributed by atoms with Gasteiger partial charge in [-0.15, -0.1) is 0 Å². The van der Waals surface area contributed by atoms with E-state index in [9.17, 15) is 13.2 Å². The SMILES string of the molecule is CCOCCOC(=O)C=Cc1ccc(S(=O)(=O)N2CCOCC2)cc1. The number of ether oxygens (including phenoxy) is 3. The number of carbonyl (C=O) groups excluding carboxylic acids is 1. The molecule has 138 valence electrons. The molecule has 0 aliphatic carbocycles. The van der Waals surface area contributed by atoms with Crippen molar-refractivity contribution >= 4 is 22.1 Å². The Balaban J connectivity index is 1.93. The quantitative estimate of drug-likeness (QED) is 0.390. The zero-order chi connectivity index (χ0) is 18.1. The molecule has 0 radical (unpaired) electrons. The maximum Gasteiger partial charge on any atom is 0.330 e. The molecule has 1 heterocycles. The van der Waals surface area contributed by atoms with Gasteiger partial charge in [-0.05, 0) is 30.7 Å². The molecule has 1 aromatic carbocycles. The van der Waals surface area contributed by atoms with Crippen molar-refractivity contribution in [1.29, 1.82) is 0 Å². The monoisotopic (exact) mass is 369 g/mol. The van der Waals surface area contributed by atoms with Gasteiger partial charge in [0, 0.05) is 25.8 Å². The van der Waals surface area contributed by atoms with Gasteiger partial charge in [0.15, 0.2) is 0 Å². The third-order valence-corrected chi connectivity index (χ3v) is 5.49. The molecule has 1 saturated heterocycles. The summed E-state index contributed by atoms with van der Waals surface area (Å²) in [6, 6.07) is 6.37. The normalized spacial score (nSPS) is 16.2. The Morgan fingerprint density at radius 1 is 1.20 bits per heavy atom. The van der Waals surface area contributed by atoms with Gasteiger partial charge in [0.05, 0.1) is 24.7 Å². The number of sulfonamides is 1. The second-order valence-electron chi connectivity index (χ2n) is 5.28. The minimum absolute atomic E-state index is 0.202. The van der Waals surface area contributed by atoms with E-state index in [1.165, 1.54) is 22.5 Å². The average Bonchev–Trinajstić information content (AvgIpc) is 2.64. The van der Waals surface area contributed by atoms with Crippen molar-refractivity contribution in [3.8, 4) is 0 Å². The van der Waals surface area contributed by atoms with Crippen molar-refractivity contribution < 1.29 is 27.4 Å². The molecule has 0 aromatic heterocycles. The lowest BCUT2D eigenvalue weighted by atomic mass is 10.2. The summed E-state index contributed by atoms with van der Waals surface area (Å²) in [6.45, 7) is 4.54. The van der Waals surface area contributed by atoms with Crippen LogP contribution in [0.3, 0.4) is 0 Å². The highest BCUT2D eigenvalue weighted by atomic mass is 32.2. The number of benzene rings is 1. The largest absolute Gasteiger partial charge is 0.460 e. The second kappa shape index (κ2) is 9.67. The van der Waals surface area contributed by atoms with Crippen molar-refractivity contribution in [2.24, 2.45) is 0 Å². The average molecular weight is 369 g/mol. The van der Waals surface area contributed by atoms with E-state index in [4.69, 9.17) is 14.2 Å². The molecule has 0 N–H and O–H groups in total. The number of hydrogen-bond donors (Lipinski definition) is 0. The van der Waals surface area contributed by atoms with Gasteiger partial charge in [-0.25, -0.2) is 13.2 Å². The Morgan fingerprint density at radius 3 is 2.52 bits per heavy atom. The van der Waals surface area contributed by atoms with Crippen LogP contribution in [0.25, 0.3) is 6.08 Å². The van der Waals surface area contributed by atoms with E-state index in [-0.39, 0.29) is 11.5 Å². The van der Waals surface area contributed by atoms with Crippen LogP contribution >= 0.6 is 0 Å². The lowest BCUT2D eigenvalue weighted by Gasteiger charge is -2.26. The molecule has 1 aliphatic heterocycles. The molecule has 8 heteroatoms. The van der Waals surface area contributed by atoms with Crippen LogP contribution < -0.4 is 0 Å². The van der Waals surface area contributed by atoms with Crippen LogP contribution in [0, 0.1) is 0 Å². The van der Waals surface area contributed by atoms with E-state index in [1.54, 1.807) is 18.2 Å². The molecule has 1 aliphatic rings. The van der Waals surface area contributed by atoms with E-state index in [2.05, 4.69) is 0 Å². The van der Waals surface area contributed by atoms with Crippen LogP contribution in [0.4, 0.5) is 0 Å². The van der Waals surface area contributed by atoms with Gasteiger partial charge in [0.1, 0.15) is 6.61 Å². The summed E-state index contributed by atoms with van der Waals surface area (Å²) in [5.41, 5.74) is 0.711. The second-order valence-corrected chi connectivity index (χ2v) is 7.22. The van der Waals surface area contributed by atoms with Crippen molar-refractivity contribution in [2.45, 2.75) is 11.8 Å². The molecular formula is C17H23NO6S. The molecule has 1 fully saturated rings. The molecule has 0 spiro atoms. The van der Waals surface area contributed by atoms with Crippen LogP contribution in [-0.4, -0.2) is 64.8 Å². The number of hydrogen-bond acceptors (Lipinski definition) is 6. The van der Waals surface area contributed by atoms with Crippen molar-refractivity contribution in [3.63, 3.8) is 0 Å². The van der Waals surface area contributed by atoms with Gasteiger partial charge in [-0.3, -0.25) is 0 Å². The van der Waals surface area contributed by atoms with Crippen LogP contribution in [0.5, 0.6) is 0 Å². The summed E-state index contributed by atoms with van der Waals surface area (Å²) in [5.74, 6) is -0.468. The molecule has 0 bridgehead atoms. The van der Waals surface area contributed by atoms with E-state index in [0.29, 0.717) is 45.1 Å². The predicted molar refractivity (Wildman–Crippen MR) is 92.5 cm³/mol. The van der Waals surface area contributed by atoms with Crippen LogP contribution in [-0.2, 0) is 29.0 Å². The number of carbonyl (C=O) groups is 1. The summed E-state index contributed by atoms with van der Waals surface area (Å²) >= 11 is 0. The first-order chi connectivity index (χ1) is 12.0. The van der Waals surface area contributed by atoms with Gasteiger partial charge in [-0.2, -0.15) is 4.31 Å². The van der Waals surface area contributed by atoms with Crippen molar-refractivity contribution in [1.82, 2.24) is 4.31 Å². The van der Waals surface area contributed by atoms with Gasteiger partial charge in [0.2, 0.25) is 10.0 Å². The van der Waals surface area contributed by atoms with Crippen molar-refractivity contribution in [2.75, 3.05) is 46.1 Å². The molecule has 7 nitrogen and oxygen atoms in total. The van der Waals surface area contributed by atoms with E-state index >= 15 is 0 Å². The standard InChI is InChI=1S/C17H23NO6S/c1-2-22-13-14-24-17(19)8-5-15-3-6-16(7-4-15)25(20,21)18-9-11-23-12-10-18/h3-8H,2,9-14H2,1H3. The molecule has 0 atom stereocenters. The fourth-order valence-corrected chi connectivity index (χ4v) is 3.65. The molecule has 0 unspecified atom stereocenters. The fourth-order valence-electron chi connectivity index (χ4n) is 2.24. The highest BCUT2D eigenvalue weighted by molar-refractivity contribution is 7.89. The topological polar surface area (TPSA) is 82.1 Å². The predicted octanol–water partition coefficient (Wildman–Crippen LogP) is 1.30. The van der Waals surface area contributed by atoms with Gasteiger partial charge >= 0.3 is 5.97 Å². The Kier molecular flexibility index (Phi) is 7.57. The first-order valence-corrected chi connectivity index (χ1v) is 9.58. The zero-order valence-electron chi connectivity index (χ0n) is 14.2. The number of rotatable bonds is 8. The summed E-state index contributed by atoms with van der Waals surface area (Å²) in [7, 11) is -3.50. The number of morpholine rings is 1. The van der Waals surface area contributed by atoms with E-state index in [0.717, 1.165) is 0 Å². The lowest BCUT2D eigenvalue weighted by Crippen LogP contribution is -2.40. The Morgan fingerprint density at radius 2 is 1.88 bits per heavy atom. The van der Waals surface area contributed by atoms with Crippen LogP contribution in [0.2, 0.25) is 0 Å². The summed E-state index contributed by atoms with van der Waals surface area (Å²) < 4.78 is 41.6. The summed E-state index contributed by atoms with van der Waals surface area (Å²) in [5, 5.41) is 0. The molecule has 1 aromatic rings. The Bertz CT molecular complexity index is 678. The van der Waals surface area contributed by atoms with Crippen molar-refractivity contribution in [3.05, 3.63) is 35.9 Å². The third-order valence-electron chi connectivity index (χ3n) is 3.58. The first kappa shape index (κ1) is 19.6. The van der Waals surface area contributed by atoms with E-state index in [1.807, 2.05) is 6.92 Å². The minimum Gasteiger partial charge on any atom is -0.460 e. The van der Waals surface area contributed by atoms with E-state index < -0.39 is 16.0 Å². The summed E-state index contributed by atoms with van der Waals surface area (Å²) in [4.78, 5) is 11.8. The summed E-state index contributed by atoms with van der Waals surface area (Å²) in [6.07, 6.45) is 2.88. The number of esters is 1. The first-order valence-electron chi connectivity index (χ1n) is 8.14. The molecule has 25 heavy (non-hydrogen) atoms. The number of nitrogens with zero attached hydrogens (tertiary/aromatic N) is 1. The smallest absolute Gasteiger partial charge is 0.330 e. The fraction of sp³-hybridized carbons (Fsp3) is 0.471.